The second-order valence-corrected chi connectivity index (χ2v) is 9.55. The average Bonchev–Trinajstić information content (AvgIpc) is 3.32. The van der Waals surface area contributed by atoms with Crippen molar-refractivity contribution in [2.75, 3.05) is 31.6 Å². The quantitative estimate of drug-likeness (QED) is 0.432. The Morgan fingerprint density at radius 3 is 2.47 bits per heavy atom. The van der Waals surface area contributed by atoms with E-state index in [9.17, 15) is 18.0 Å². The minimum Gasteiger partial charge on any atom is -0.494 e. The Labute approximate surface area is 188 Å². The summed E-state index contributed by atoms with van der Waals surface area (Å²) in [5.41, 5.74) is 1.52. The summed E-state index contributed by atoms with van der Waals surface area (Å²) < 4.78 is 37.1. The van der Waals surface area contributed by atoms with E-state index in [1.807, 2.05) is 31.2 Å². The molecule has 1 heterocycles. The number of anilines is 1. The van der Waals surface area contributed by atoms with Crippen molar-refractivity contribution in [3.8, 4) is 5.75 Å². The molecular weight excluding hydrogens is 432 g/mol. The first-order chi connectivity index (χ1) is 15.3. The van der Waals surface area contributed by atoms with Gasteiger partial charge < -0.3 is 14.8 Å². The standard InChI is InChI=1S/C23H28N2O6S/c1-18-6-4-7-20(16-18)30-15-5-8-23(27)31-17-22(26)24-19-9-11-21(12-10-19)32(28,29)25-13-2-3-14-25/h4,6-7,9-12,16H,2-3,5,8,13-15,17H2,1H3,(H,24,26). The summed E-state index contributed by atoms with van der Waals surface area (Å²) >= 11 is 0. The summed E-state index contributed by atoms with van der Waals surface area (Å²) in [6, 6.07) is 13.6. The van der Waals surface area contributed by atoms with E-state index in [1.54, 1.807) is 0 Å². The zero-order valence-corrected chi connectivity index (χ0v) is 18.9. The van der Waals surface area contributed by atoms with E-state index < -0.39 is 28.5 Å². The maximum Gasteiger partial charge on any atom is 0.306 e. The molecule has 1 aliphatic rings. The molecule has 1 N–H and O–H groups in total. The Bertz CT molecular complexity index is 1030. The van der Waals surface area contributed by atoms with Crippen molar-refractivity contribution in [3.05, 3.63) is 54.1 Å². The van der Waals surface area contributed by atoms with Crippen LogP contribution in [0.25, 0.3) is 0 Å². The van der Waals surface area contributed by atoms with Crippen LogP contribution in [0.3, 0.4) is 0 Å². The highest BCUT2D eigenvalue weighted by molar-refractivity contribution is 7.89. The molecule has 0 aliphatic carbocycles. The molecule has 32 heavy (non-hydrogen) atoms. The molecule has 3 rings (SSSR count). The molecule has 0 atom stereocenters. The summed E-state index contributed by atoms with van der Waals surface area (Å²) in [6.45, 7) is 3.00. The number of ether oxygens (including phenoxy) is 2. The molecule has 1 saturated heterocycles. The van der Waals surface area contributed by atoms with Crippen molar-refractivity contribution in [2.24, 2.45) is 0 Å². The minimum atomic E-state index is -3.50. The SMILES string of the molecule is Cc1cccc(OCCCC(=O)OCC(=O)Nc2ccc(S(=O)(=O)N3CCCC3)cc2)c1. The first kappa shape index (κ1) is 23.7. The molecule has 2 aromatic carbocycles. The van der Waals surface area contributed by atoms with Gasteiger partial charge in [-0.2, -0.15) is 4.31 Å². The Morgan fingerprint density at radius 1 is 1.06 bits per heavy atom. The Kier molecular flexibility index (Phi) is 8.24. The van der Waals surface area contributed by atoms with E-state index >= 15 is 0 Å². The number of esters is 1. The third-order valence-electron chi connectivity index (χ3n) is 4.99. The lowest BCUT2D eigenvalue weighted by Crippen LogP contribution is -2.27. The third kappa shape index (κ3) is 6.80. The third-order valence-corrected chi connectivity index (χ3v) is 6.90. The summed E-state index contributed by atoms with van der Waals surface area (Å²) in [6.07, 6.45) is 2.35. The van der Waals surface area contributed by atoms with E-state index in [4.69, 9.17) is 9.47 Å². The van der Waals surface area contributed by atoms with Crippen molar-refractivity contribution in [2.45, 2.75) is 37.5 Å². The summed E-state index contributed by atoms with van der Waals surface area (Å²) in [7, 11) is -3.50. The second kappa shape index (κ2) is 11.1. The number of benzene rings is 2. The van der Waals surface area contributed by atoms with E-state index in [1.165, 1.54) is 28.6 Å². The van der Waals surface area contributed by atoms with Crippen LogP contribution in [-0.2, 0) is 24.3 Å². The molecule has 1 fully saturated rings. The number of carbonyl (C=O) groups excluding carboxylic acids is 2. The van der Waals surface area contributed by atoms with Crippen LogP contribution in [0.15, 0.2) is 53.4 Å². The second-order valence-electron chi connectivity index (χ2n) is 7.61. The number of nitrogens with zero attached hydrogens (tertiary/aromatic N) is 1. The fraction of sp³-hybridized carbons (Fsp3) is 0.391. The van der Waals surface area contributed by atoms with E-state index in [0.717, 1.165) is 24.2 Å². The zero-order valence-electron chi connectivity index (χ0n) is 18.1. The first-order valence-corrected chi connectivity index (χ1v) is 12.0. The van der Waals surface area contributed by atoms with Gasteiger partial charge in [-0.15, -0.1) is 0 Å². The van der Waals surface area contributed by atoms with E-state index in [-0.39, 0.29) is 11.3 Å². The van der Waals surface area contributed by atoms with Gasteiger partial charge >= 0.3 is 5.97 Å². The smallest absolute Gasteiger partial charge is 0.306 e. The van der Waals surface area contributed by atoms with Crippen molar-refractivity contribution < 1.29 is 27.5 Å². The molecule has 0 unspecified atom stereocenters. The van der Waals surface area contributed by atoms with Gasteiger partial charge in [-0.25, -0.2) is 8.42 Å². The van der Waals surface area contributed by atoms with Gasteiger partial charge in [-0.3, -0.25) is 9.59 Å². The monoisotopic (exact) mass is 460 g/mol. The van der Waals surface area contributed by atoms with Crippen molar-refractivity contribution in [1.82, 2.24) is 4.31 Å². The molecule has 172 valence electrons. The van der Waals surface area contributed by atoms with E-state index in [0.29, 0.717) is 31.8 Å². The predicted octanol–water partition coefficient (Wildman–Crippen LogP) is 3.12. The zero-order chi connectivity index (χ0) is 23.0. The molecule has 0 saturated carbocycles. The van der Waals surface area contributed by atoms with Gasteiger partial charge in [0.05, 0.1) is 11.5 Å². The number of nitrogens with one attached hydrogen (secondary N) is 1. The molecule has 1 aliphatic heterocycles. The highest BCUT2D eigenvalue weighted by Crippen LogP contribution is 2.22. The number of hydrogen-bond acceptors (Lipinski definition) is 6. The normalized spacial score (nSPS) is 14.2. The van der Waals surface area contributed by atoms with Gasteiger partial charge in [-0.05, 0) is 68.1 Å². The summed E-state index contributed by atoms with van der Waals surface area (Å²) in [5.74, 6) is -0.235. The Hall–Kier alpha value is -2.91. The van der Waals surface area contributed by atoms with Crippen LogP contribution in [0.2, 0.25) is 0 Å². The maximum absolute atomic E-state index is 12.5. The lowest BCUT2D eigenvalue weighted by Gasteiger charge is -2.15. The van der Waals surface area contributed by atoms with Crippen molar-refractivity contribution >= 4 is 27.6 Å². The molecule has 8 nitrogen and oxygen atoms in total. The van der Waals surface area contributed by atoms with Crippen LogP contribution in [0.4, 0.5) is 5.69 Å². The number of sulfonamides is 1. The summed E-state index contributed by atoms with van der Waals surface area (Å²) in [5, 5.41) is 2.59. The number of carbonyl (C=O) groups is 2. The van der Waals surface area contributed by atoms with Crippen LogP contribution < -0.4 is 10.1 Å². The highest BCUT2D eigenvalue weighted by Gasteiger charge is 2.26. The highest BCUT2D eigenvalue weighted by atomic mass is 32.2. The molecule has 0 radical (unpaired) electrons. The van der Waals surface area contributed by atoms with Crippen LogP contribution >= 0.6 is 0 Å². The molecule has 9 heteroatoms. The fourth-order valence-corrected chi connectivity index (χ4v) is 4.83. The first-order valence-electron chi connectivity index (χ1n) is 10.6. The lowest BCUT2D eigenvalue weighted by molar-refractivity contribution is -0.147. The number of aryl methyl sites for hydroxylation is 1. The van der Waals surface area contributed by atoms with Gasteiger partial charge in [-0.1, -0.05) is 12.1 Å². The van der Waals surface area contributed by atoms with Gasteiger partial charge in [0, 0.05) is 25.2 Å². The molecule has 1 amide bonds. The average molecular weight is 461 g/mol. The molecule has 2 aromatic rings. The van der Waals surface area contributed by atoms with Crippen LogP contribution in [0, 0.1) is 6.92 Å². The van der Waals surface area contributed by atoms with Gasteiger partial charge in [0.15, 0.2) is 6.61 Å². The molecule has 0 spiro atoms. The minimum absolute atomic E-state index is 0.141. The molecular formula is C23H28N2O6S. The van der Waals surface area contributed by atoms with Crippen molar-refractivity contribution in [3.63, 3.8) is 0 Å². The molecule has 0 bridgehead atoms. The number of rotatable bonds is 10. The van der Waals surface area contributed by atoms with Gasteiger partial charge in [0.1, 0.15) is 5.75 Å². The van der Waals surface area contributed by atoms with Gasteiger partial charge in [0.25, 0.3) is 5.91 Å². The largest absolute Gasteiger partial charge is 0.494 e. The molecule has 0 aromatic heterocycles. The Balaban J connectivity index is 1.36. The van der Waals surface area contributed by atoms with Crippen molar-refractivity contribution in [1.29, 1.82) is 0 Å². The van der Waals surface area contributed by atoms with Crippen LogP contribution in [0.5, 0.6) is 5.75 Å². The lowest BCUT2D eigenvalue weighted by atomic mass is 10.2. The van der Waals surface area contributed by atoms with Crippen LogP contribution in [-0.4, -0.2) is 50.9 Å². The predicted molar refractivity (Wildman–Crippen MR) is 120 cm³/mol. The number of amides is 1. The summed E-state index contributed by atoms with van der Waals surface area (Å²) in [4.78, 5) is 24.0. The fourth-order valence-electron chi connectivity index (χ4n) is 3.31. The van der Waals surface area contributed by atoms with Gasteiger partial charge in [0.2, 0.25) is 10.0 Å². The maximum atomic E-state index is 12.5. The number of hydrogen-bond donors (Lipinski definition) is 1. The Morgan fingerprint density at radius 2 is 1.78 bits per heavy atom. The van der Waals surface area contributed by atoms with Crippen LogP contribution in [0.1, 0.15) is 31.2 Å². The van der Waals surface area contributed by atoms with E-state index in [2.05, 4.69) is 5.32 Å². The topological polar surface area (TPSA) is 102 Å².